The first-order chi connectivity index (χ1) is 12.4. The Bertz CT molecular complexity index is 850. The Morgan fingerprint density at radius 3 is 2.38 bits per heavy atom. The van der Waals surface area contributed by atoms with E-state index >= 15 is 0 Å². The largest absolute Gasteiger partial charge is 0.462 e. The highest BCUT2D eigenvalue weighted by Gasteiger charge is 2.25. The molecule has 5 nitrogen and oxygen atoms in total. The smallest absolute Gasteiger partial charge is 0.338 e. The molecule has 0 aliphatic rings. The lowest BCUT2D eigenvalue weighted by atomic mass is 10.2. The van der Waals surface area contributed by atoms with Crippen LogP contribution in [0.25, 0.3) is 0 Å². The molecule has 2 aromatic rings. The van der Waals surface area contributed by atoms with E-state index in [9.17, 15) is 17.6 Å². The molecule has 26 heavy (non-hydrogen) atoms. The van der Waals surface area contributed by atoms with Gasteiger partial charge in [-0.3, -0.25) is 4.31 Å². The van der Waals surface area contributed by atoms with Crippen molar-refractivity contribution in [2.75, 3.05) is 17.5 Å². The fourth-order valence-corrected chi connectivity index (χ4v) is 3.96. The number of hydrogen-bond donors (Lipinski definition) is 0. The van der Waals surface area contributed by atoms with Crippen molar-refractivity contribution in [3.8, 4) is 0 Å². The summed E-state index contributed by atoms with van der Waals surface area (Å²) in [7, 11) is -3.92. The molecule has 7 heteroatoms. The van der Waals surface area contributed by atoms with Crippen LogP contribution in [0, 0.1) is 5.82 Å². The quantitative estimate of drug-likeness (QED) is 0.651. The van der Waals surface area contributed by atoms with E-state index in [0.29, 0.717) is 17.7 Å². The van der Waals surface area contributed by atoms with E-state index in [-0.39, 0.29) is 18.0 Å². The molecule has 0 heterocycles. The monoisotopic (exact) mass is 379 g/mol. The lowest BCUT2D eigenvalue weighted by molar-refractivity contribution is 0.0526. The number of nitrogens with zero attached hydrogens (tertiary/aromatic N) is 1. The molecule has 0 atom stereocenters. The molecule has 0 saturated heterocycles. The first-order valence-corrected chi connectivity index (χ1v) is 9.89. The molecule has 0 saturated carbocycles. The highest BCUT2D eigenvalue weighted by molar-refractivity contribution is 7.92. The zero-order valence-corrected chi connectivity index (χ0v) is 15.6. The maximum absolute atomic E-state index is 13.5. The summed E-state index contributed by atoms with van der Waals surface area (Å²) < 4.78 is 45.6. The Kier molecular flexibility index (Phi) is 6.74. The number of benzene rings is 2. The number of unbranched alkanes of at least 4 members (excludes halogenated alkanes) is 1. The SMILES string of the molecule is CCCCN(c1ccc(C(=O)OCC)cc1)S(=O)(=O)c1cccc(F)c1. The molecule has 2 rings (SSSR count). The molecule has 0 unspecified atom stereocenters. The molecule has 0 fully saturated rings. The third kappa shape index (κ3) is 4.60. The first-order valence-electron chi connectivity index (χ1n) is 8.45. The van der Waals surface area contributed by atoms with E-state index < -0.39 is 21.8 Å². The van der Waals surface area contributed by atoms with E-state index in [1.165, 1.54) is 34.6 Å². The van der Waals surface area contributed by atoms with Crippen LogP contribution < -0.4 is 4.31 Å². The molecule has 0 aliphatic carbocycles. The zero-order chi connectivity index (χ0) is 19.2. The summed E-state index contributed by atoms with van der Waals surface area (Å²) in [6.45, 7) is 4.19. The Balaban J connectivity index is 2.39. The summed E-state index contributed by atoms with van der Waals surface area (Å²) in [6.07, 6.45) is 1.45. The van der Waals surface area contributed by atoms with Crippen molar-refractivity contribution in [2.45, 2.75) is 31.6 Å². The van der Waals surface area contributed by atoms with E-state index in [1.54, 1.807) is 19.1 Å². The van der Waals surface area contributed by atoms with E-state index in [1.807, 2.05) is 6.92 Å². The number of esters is 1. The highest BCUT2D eigenvalue weighted by atomic mass is 32.2. The summed E-state index contributed by atoms with van der Waals surface area (Å²) in [5.74, 6) is -1.08. The van der Waals surface area contributed by atoms with Crippen LogP contribution in [-0.2, 0) is 14.8 Å². The van der Waals surface area contributed by atoms with Gasteiger partial charge in [0.15, 0.2) is 0 Å². The second kappa shape index (κ2) is 8.80. The minimum Gasteiger partial charge on any atom is -0.462 e. The van der Waals surface area contributed by atoms with Crippen molar-refractivity contribution in [1.29, 1.82) is 0 Å². The van der Waals surface area contributed by atoms with Crippen molar-refractivity contribution >= 4 is 21.7 Å². The summed E-state index contributed by atoms with van der Waals surface area (Å²) in [5, 5.41) is 0. The van der Waals surface area contributed by atoms with Gasteiger partial charge in [0.2, 0.25) is 0 Å². The Morgan fingerprint density at radius 1 is 1.12 bits per heavy atom. The molecular formula is C19H22FNO4S. The topological polar surface area (TPSA) is 63.7 Å². The number of anilines is 1. The number of rotatable bonds is 8. The van der Waals surface area contributed by atoms with Gasteiger partial charge < -0.3 is 4.74 Å². The second-order valence-electron chi connectivity index (χ2n) is 5.66. The maximum Gasteiger partial charge on any atom is 0.338 e. The van der Waals surface area contributed by atoms with Gasteiger partial charge in [-0.05, 0) is 55.8 Å². The fourth-order valence-electron chi connectivity index (χ4n) is 2.42. The summed E-state index contributed by atoms with van der Waals surface area (Å²) >= 11 is 0. The molecule has 0 aliphatic heterocycles. The van der Waals surface area contributed by atoms with Crippen LogP contribution in [0.4, 0.5) is 10.1 Å². The average Bonchev–Trinajstić information content (AvgIpc) is 2.62. The number of carbonyl (C=O) groups is 1. The van der Waals surface area contributed by atoms with Crippen molar-refractivity contribution < 1.29 is 22.3 Å². The molecule has 0 spiro atoms. The third-order valence-electron chi connectivity index (χ3n) is 3.77. The molecule has 0 aromatic heterocycles. The minimum atomic E-state index is -3.92. The van der Waals surface area contributed by atoms with Crippen molar-refractivity contribution in [3.05, 3.63) is 59.9 Å². The Labute approximate surface area is 153 Å². The normalized spacial score (nSPS) is 11.2. The predicted molar refractivity (Wildman–Crippen MR) is 98.2 cm³/mol. The molecule has 2 aromatic carbocycles. The Hall–Kier alpha value is -2.41. The van der Waals surface area contributed by atoms with Crippen LogP contribution in [0.3, 0.4) is 0 Å². The standard InChI is InChI=1S/C19H22FNO4S/c1-3-5-13-21(26(23,24)18-8-6-7-16(20)14-18)17-11-9-15(10-12-17)19(22)25-4-2/h6-12,14H,3-5,13H2,1-2H3. The lowest BCUT2D eigenvalue weighted by Gasteiger charge is -2.24. The number of carbonyl (C=O) groups excluding carboxylic acids is 1. The van der Waals surface area contributed by atoms with Crippen LogP contribution >= 0.6 is 0 Å². The van der Waals surface area contributed by atoms with Gasteiger partial charge in [0.05, 0.1) is 22.8 Å². The molecule has 0 amide bonds. The second-order valence-corrected chi connectivity index (χ2v) is 7.52. The van der Waals surface area contributed by atoms with E-state index in [2.05, 4.69) is 0 Å². The molecule has 0 bridgehead atoms. The van der Waals surface area contributed by atoms with Crippen LogP contribution in [0.5, 0.6) is 0 Å². The van der Waals surface area contributed by atoms with Crippen LogP contribution in [0.15, 0.2) is 53.4 Å². The van der Waals surface area contributed by atoms with Gasteiger partial charge in [0.25, 0.3) is 10.0 Å². The number of sulfonamides is 1. The van der Waals surface area contributed by atoms with Gasteiger partial charge in [-0.1, -0.05) is 19.4 Å². The van der Waals surface area contributed by atoms with Gasteiger partial charge in [-0.2, -0.15) is 0 Å². The summed E-state index contributed by atoms with van der Waals surface area (Å²) in [5.41, 5.74) is 0.755. The molecular weight excluding hydrogens is 357 g/mol. The van der Waals surface area contributed by atoms with Gasteiger partial charge >= 0.3 is 5.97 Å². The highest BCUT2D eigenvalue weighted by Crippen LogP contribution is 2.25. The van der Waals surface area contributed by atoms with E-state index in [0.717, 1.165) is 12.5 Å². The van der Waals surface area contributed by atoms with Crippen LogP contribution in [-0.4, -0.2) is 27.5 Å². The van der Waals surface area contributed by atoms with Gasteiger partial charge in [0.1, 0.15) is 5.82 Å². The van der Waals surface area contributed by atoms with E-state index in [4.69, 9.17) is 4.74 Å². The number of halogens is 1. The van der Waals surface area contributed by atoms with Gasteiger partial charge in [-0.15, -0.1) is 0 Å². The minimum absolute atomic E-state index is 0.108. The van der Waals surface area contributed by atoms with Gasteiger partial charge in [0, 0.05) is 6.54 Å². The zero-order valence-electron chi connectivity index (χ0n) is 14.8. The van der Waals surface area contributed by atoms with Gasteiger partial charge in [-0.25, -0.2) is 17.6 Å². The average molecular weight is 379 g/mol. The fraction of sp³-hybridized carbons (Fsp3) is 0.316. The Morgan fingerprint density at radius 2 is 1.81 bits per heavy atom. The molecule has 140 valence electrons. The van der Waals surface area contributed by atoms with Crippen molar-refractivity contribution in [2.24, 2.45) is 0 Å². The predicted octanol–water partition coefficient (Wildman–Crippen LogP) is 4.00. The van der Waals surface area contributed by atoms with Crippen molar-refractivity contribution in [3.63, 3.8) is 0 Å². The first kappa shape index (κ1) is 19.9. The summed E-state index contributed by atoms with van der Waals surface area (Å²) in [4.78, 5) is 11.6. The molecule has 0 radical (unpaired) electrons. The number of ether oxygens (including phenoxy) is 1. The lowest BCUT2D eigenvalue weighted by Crippen LogP contribution is -2.32. The van der Waals surface area contributed by atoms with Crippen LogP contribution in [0.1, 0.15) is 37.0 Å². The number of hydrogen-bond acceptors (Lipinski definition) is 4. The molecule has 0 N–H and O–H groups in total. The third-order valence-corrected chi connectivity index (χ3v) is 5.59. The van der Waals surface area contributed by atoms with Crippen molar-refractivity contribution in [1.82, 2.24) is 0 Å². The maximum atomic E-state index is 13.5. The van der Waals surface area contributed by atoms with Crippen LogP contribution in [0.2, 0.25) is 0 Å². The summed E-state index contributed by atoms with van der Waals surface area (Å²) in [6, 6.07) is 11.1.